The van der Waals surface area contributed by atoms with Crippen molar-refractivity contribution in [3.63, 3.8) is 0 Å². The molecule has 5 heteroatoms. The fraction of sp³-hybridized carbons (Fsp3) is 0.240. The lowest BCUT2D eigenvalue weighted by Crippen LogP contribution is -2.43. The van der Waals surface area contributed by atoms with E-state index in [1.807, 2.05) is 89.8 Å². The third-order valence-electron chi connectivity index (χ3n) is 5.13. The van der Waals surface area contributed by atoms with E-state index < -0.39 is 0 Å². The molecule has 0 saturated carbocycles. The molecule has 0 aliphatic carbocycles. The zero-order valence-corrected chi connectivity index (χ0v) is 16.9. The number of rotatable bonds is 6. The highest BCUT2D eigenvalue weighted by Gasteiger charge is 2.24. The first kappa shape index (κ1) is 19.8. The first-order valence-corrected chi connectivity index (χ1v) is 10.3. The molecule has 1 aliphatic rings. The third kappa shape index (κ3) is 5.54. The highest BCUT2D eigenvalue weighted by molar-refractivity contribution is 5.89. The van der Waals surface area contributed by atoms with Crippen molar-refractivity contribution in [3.8, 4) is 11.5 Å². The number of piperidine rings is 1. The zero-order valence-electron chi connectivity index (χ0n) is 16.9. The molecular formula is C25H26N2O3. The monoisotopic (exact) mass is 402 g/mol. The van der Waals surface area contributed by atoms with Crippen LogP contribution in [0.2, 0.25) is 0 Å². The molecule has 1 saturated heterocycles. The van der Waals surface area contributed by atoms with Gasteiger partial charge in [-0.25, -0.2) is 4.79 Å². The van der Waals surface area contributed by atoms with Crippen molar-refractivity contribution >= 4 is 11.7 Å². The number of carbonyl (C=O) groups excluding carboxylic acids is 1. The molecule has 3 aromatic rings. The Morgan fingerprint density at radius 2 is 1.43 bits per heavy atom. The predicted molar refractivity (Wildman–Crippen MR) is 118 cm³/mol. The van der Waals surface area contributed by atoms with Crippen LogP contribution in [0.25, 0.3) is 0 Å². The minimum absolute atomic E-state index is 0.0560. The summed E-state index contributed by atoms with van der Waals surface area (Å²) in [5, 5.41) is 2.94. The smallest absolute Gasteiger partial charge is 0.321 e. The second-order valence-electron chi connectivity index (χ2n) is 7.35. The summed E-state index contributed by atoms with van der Waals surface area (Å²) >= 11 is 0. The van der Waals surface area contributed by atoms with Gasteiger partial charge in [0.1, 0.15) is 24.2 Å². The Bertz CT molecular complexity index is 922. The maximum absolute atomic E-state index is 12.4. The molecule has 0 spiro atoms. The average molecular weight is 402 g/mol. The van der Waals surface area contributed by atoms with Crippen molar-refractivity contribution < 1.29 is 14.3 Å². The minimum Gasteiger partial charge on any atom is -0.490 e. The first-order valence-electron chi connectivity index (χ1n) is 10.3. The van der Waals surface area contributed by atoms with Crippen molar-refractivity contribution in [2.45, 2.75) is 25.6 Å². The van der Waals surface area contributed by atoms with Crippen LogP contribution in [-0.2, 0) is 6.61 Å². The number of nitrogens with one attached hydrogen (secondary N) is 1. The SMILES string of the molecule is O=C(Nc1ccccc1)N1CCC(Oc2ccc(OCc3ccccc3)cc2)CC1. The van der Waals surface area contributed by atoms with Crippen molar-refractivity contribution in [1.82, 2.24) is 4.90 Å². The summed E-state index contributed by atoms with van der Waals surface area (Å²) in [4.78, 5) is 14.2. The molecule has 0 aromatic heterocycles. The summed E-state index contributed by atoms with van der Waals surface area (Å²) in [6.45, 7) is 1.91. The number of nitrogens with zero attached hydrogens (tertiary/aromatic N) is 1. The second-order valence-corrected chi connectivity index (χ2v) is 7.35. The van der Waals surface area contributed by atoms with Gasteiger partial charge in [-0.3, -0.25) is 0 Å². The van der Waals surface area contributed by atoms with E-state index in [4.69, 9.17) is 9.47 Å². The number of amides is 2. The molecule has 1 N–H and O–H groups in total. The van der Waals surface area contributed by atoms with Crippen LogP contribution in [0, 0.1) is 0 Å². The quantitative estimate of drug-likeness (QED) is 0.605. The normalized spacial score (nSPS) is 14.2. The Hall–Kier alpha value is -3.47. The zero-order chi connectivity index (χ0) is 20.6. The molecule has 4 rings (SSSR count). The van der Waals surface area contributed by atoms with Gasteiger partial charge < -0.3 is 19.7 Å². The van der Waals surface area contributed by atoms with Crippen LogP contribution in [-0.4, -0.2) is 30.1 Å². The minimum atomic E-state index is -0.0560. The maximum atomic E-state index is 12.4. The van der Waals surface area contributed by atoms with Gasteiger partial charge in [-0.05, 0) is 42.0 Å². The molecule has 30 heavy (non-hydrogen) atoms. The Morgan fingerprint density at radius 1 is 0.833 bits per heavy atom. The summed E-state index contributed by atoms with van der Waals surface area (Å²) in [7, 11) is 0. The number of ether oxygens (including phenoxy) is 2. The molecule has 0 bridgehead atoms. The number of hydrogen-bond donors (Lipinski definition) is 1. The third-order valence-corrected chi connectivity index (χ3v) is 5.13. The van der Waals surface area contributed by atoms with E-state index in [9.17, 15) is 4.79 Å². The fourth-order valence-electron chi connectivity index (χ4n) is 3.45. The standard InChI is InChI=1S/C25H26N2O3/c28-25(26-21-9-5-2-6-10-21)27-17-15-24(16-18-27)30-23-13-11-22(12-14-23)29-19-20-7-3-1-4-8-20/h1-14,24H,15-19H2,(H,26,28). The highest BCUT2D eigenvalue weighted by Crippen LogP contribution is 2.23. The molecule has 1 aliphatic heterocycles. The fourth-order valence-corrected chi connectivity index (χ4v) is 3.45. The van der Waals surface area contributed by atoms with Crippen LogP contribution in [0.15, 0.2) is 84.9 Å². The lowest BCUT2D eigenvalue weighted by molar-refractivity contribution is 0.115. The van der Waals surface area contributed by atoms with Gasteiger partial charge in [0.15, 0.2) is 0 Å². The summed E-state index contributed by atoms with van der Waals surface area (Å²) in [6.07, 6.45) is 1.74. The van der Waals surface area contributed by atoms with E-state index in [1.54, 1.807) is 0 Å². The van der Waals surface area contributed by atoms with Crippen molar-refractivity contribution in [3.05, 3.63) is 90.5 Å². The predicted octanol–water partition coefficient (Wildman–Crippen LogP) is 5.34. The van der Waals surface area contributed by atoms with E-state index in [-0.39, 0.29) is 12.1 Å². The molecule has 0 unspecified atom stereocenters. The topological polar surface area (TPSA) is 50.8 Å². The molecule has 154 valence electrons. The van der Waals surface area contributed by atoms with Gasteiger partial charge in [0.25, 0.3) is 0 Å². The summed E-state index contributed by atoms with van der Waals surface area (Å²) in [5.41, 5.74) is 1.95. The molecule has 5 nitrogen and oxygen atoms in total. The Morgan fingerprint density at radius 3 is 2.10 bits per heavy atom. The molecular weight excluding hydrogens is 376 g/mol. The van der Waals surface area contributed by atoms with Gasteiger partial charge in [-0.2, -0.15) is 0 Å². The molecule has 1 heterocycles. The van der Waals surface area contributed by atoms with Gasteiger partial charge in [0.05, 0.1) is 0 Å². The molecule has 2 amide bonds. The average Bonchev–Trinajstić information content (AvgIpc) is 2.80. The number of carbonyl (C=O) groups is 1. The summed E-state index contributed by atoms with van der Waals surface area (Å²) in [6, 6.07) is 27.3. The van der Waals surface area contributed by atoms with Crippen LogP contribution in [0.4, 0.5) is 10.5 Å². The van der Waals surface area contributed by atoms with E-state index >= 15 is 0 Å². The number of urea groups is 1. The van der Waals surface area contributed by atoms with Crippen LogP contribution >= 0.6 is 0 Å². The Labute approximate surface area is 177 Å². The van der Waals surface area contributed by atoms with Gasteiger partial charge in [0, 0.05) is 31.6 Å². The largest absolute Gasteiger partial charge is 0.490 e. The van der Waals surface area contributed by atoms with Crippen molar-refractivity contribution in [1.29, 1.82) is 0 Å². The first-order chi connectivity index (χ1) is 14.8. The number of hydrogen-bond acceptors (Lipinski definition) is 3. The lowest BCUT2D eigenvalue weighted by Gasteiger charge is -2.32. The van der Waals surface area contributed by atoms with Crippen LogP contribution in [0.3, 0.4) is 0 Å². The Balaban J connectivity index is 1.21. The van der Waals surface area contributed by atoms with Crippen LogP contribution in [0.5, 0.6) is 11.5 Å². The molecule has 1 fully saturated rings. The Kier molecular flexibility index (Phi) is 6.50. The number of para-hydroxylation sites is 1. The highest BCUT2D eigenvalue weighted by atomic mass is 16.5. The van der Waals surface area contributed by atoms with Gasteiger partial charge >= 0.3 is 6.03 Å². The van der Waals surface area contributed by atoms with E-state index in [0.717, 1.165) is 35.6 Å². The van der Waals surface area contributed by atoms with E-state index in [1.165, 1.54) is 0 Å². The van der Waals surface area contributed by atoms with Gasteiger partial charge in [-0.1, -0.05) is 48.5 Å². The summed E-state index contributed by atoms with van der Waals surface area (Å²) in [5.74, 6) is 1.65. The van der Waals surface area contributed by atoms with E-state index in [2.05, 4.69) is 5.32 Å². The second kappa shape index (κ2) is 9.83. The maximum Gasteiger partial charge on any atom is 0.321 e. The van der Waals surface area contributed by atoms with Gasteiger partial charge in [0.2, 0.25) is 0 Å². The molecule has 0 atom stereocenters. The summed E-state index contributed by atoms with van der Waals surface area (Å²) < 4.78 is 11.9. The number of anilines is 1. The molecule has 0 radical (unpaired) electrons. The van der Waals surface area contributed by atoms with Crippen molar-refractivity contribution in [2.24, 2.45) is 0 Å². The van der Waals surface area contributed by atoms with Crippen LogP contribution < -0.4 is 14.8 Å². The van der Waals surface area contributed by atoms with Crippen molar-refractivity contribution in [2.75, 3.05) is 18.4 Å². The lowest BCUT2D eigenvalue weighted by atomic mass is 10.1. The van der Waals surface area contributed by atoms with Gasteiger partial charge in [-0.15, -0.1) is 0 Å². The number of benzene rings is 3. The van der Waals surface area contributed by atoms with Crippen LogP contribution in [0.1, 0.15) is 18.4 Å². The molecule has 3 aromatic carbocycles. The number of likely N-dealkylation sites (tertiary alicyclic amines) is 1. The van der Waals surface area contributed by atoms with E-state index in [0.29, 0.717) is 19.7 Å².